The summed E-state index contributed by atoms with van der Waals surface area (Å²) in [5.41, 5.74) is 6.18. The van der Waals surface area contributed by atoms with Gasteiger partial charge in [0, 0.05) is 6.04 Å². The first-order valence-electron chi connectivity index (χ1n) is 4.33. The van der Waals surface area contributed by atoms with Crippen LogP contribution in [-0.4, -0.2) is 11.1 Å². The summed E-state index contributed by atoms with van der Waals surface area (Å²) in [5.74, 6) is -0.815. The minimum absolute atomic E-state index is 0.0719. The van der Waals surface area contributed by atoms with Crippen LogP contribution < -0.4 is 5.73 Å². The van der Waals surface area contributed by atoms with Gasteiger partial charge in [-0.15, -0.1) is 0 Å². The van der Waals surface area contributed by atoms with E-state index in [4.69, 9.17) is 5.73 Å². The Kier molecular flexibility index (Phi) is 3.25. The molecule has 0 bridgehead atoms. The smallest absolute Gasteiger partial charge is 0.165 e. The fourth-order valence-corrected chi connectivity index (χ4v) is 1.14. The van der Waals surface area contributed by atoms with Crippen LogP contribution in [0.2, 0.25) is 0 Å². The molecule has 1 atom stereocenters. The van der Waals surface area contributed by atoms with Crippen molar-refractivity contribution < 1.29 is 9.50 Å². The maximum absolute atomic E-state index is 12.8. The number of hydrogen-bond donors (Lipinski definition) is 2. The first kappa shape index (κ1) is 9.99. The fraction of sp³-hybridized carbons (Fsp3) is 0.400. The molecule has 72 valence electrons. The number of halogens is 1. The lowest BCUT2D eigenvalue weighted by Crippen LogP contribution is -2.15. The minimum atomic E-state index is -0.567. The van der Waals surface area contributed by atoms with Gasteiger partial charge >= 0.3 is 0 Å². The second-order valence-electron chi connectivity index (χ2n) is 3.26. The standard InChI is InChI=1S/C10H14FNO/c1-7(12)5-6-8-3-2-4-9(11)10(8)13/h2-4,7,13H,5-6,12H2,1H3. The van der Waals surface area contributed by atoms with Gasteiger partial charge in [0.2, 0.25) is 0 Å². The summed E-state index contributed by atoms with van der Waals surface area (Å²) in [5, 5.41) is 9.29. The normalized spacial score (nSPS) is 12.8. The second kappa shape index (κ2) is 4.23. The van der Waals surface area contributed by atoms with E-state index in [1.54, 1.807) is 12.1 Å². The zero-order valence-electron chi connectivity index (χ0n) is 7.63. The van der Waals surface area contributed by atoms with E-state index >= 15 is 0 Å². The Morgan fingerprint density at radius 3 is 2.85 bits per heavy atom. The summed E-state index contributed by atoms with van der Waals surface area (Å²) >= 11 is 0. The molecule has 1 unspecified atom stereocenters. The SMILES string of the molecule is CC(N)CCc1cccc(F)c1O. The number of nitrogens with two attached hydrogens (primary N) is 1. The lowest BCUT2D eigenvalue weighted by molar-refractivity contribution is 0.424. The van der Waals surface area contributed by atoms with Crippen LogP contribution in [0.5, 0.6) is 5.75 Å². The molecule has 0 aliphatic heterocycles. The minimum Gasteiger partial charge on any atom is -0.505 e. The van der Waals surface area contributed by atoms with Gasteiger partial charge in [0.25, 0.3) is 0 Å². The Bertz CT molecular complexity index is 286. The Balaban J connectivity index is 2.71. The highest BCUT2D eigenvalue weighted by Crippen LogP contribution is 2.21. The summed E-state index contributed by atoms with van der Waals surface area (Å²) in [7, 11) is 0. The van der Waals surface area contributed by atoms with E-state index in [0.29, 0.717) is 12.0 Å². The number of aryl methyl sites for hydroxylation is 1. The van der Waals surface area contributed by atoms with Crippen LogP contribution in [0.1, 0.15) is 18.9 Å². The third-order valence-corrected chi connectivity index (χ3v) is 1.94. The number of phenols is 1. The van der Waals surface area contributed by atoms with Crippen molar-refractivity contribution in [2.24, 2.45) is 5.73 Å². The molecule has 0 aliphatic carbocycles. The number of rotatable bonds is 3. The first-order chi connectivity index (χ1) is 6.11. The molecule has 0 amide bonds. The molecule has 1 aromatic carbocycles. The number of hydrogen-bond acceptors (Lipinski definition) is 2. The van der Waals surface area contributed by atoms with Gasteiger partial charge < -0.3 is 10.8 Å². The van der Waals surface area contributed by atoms with Gasteiger partial charge in [-0.2, -0.15) is 0 Å². The third-order valence-electron chi connectivity index (χ3n) is 1.94. The van der Waals surface area contributed by atoms with Crippen LogP contribution in [0.25, 0.3) is 0 Å². The topological polar surface area (TPSA) is 46.2 Å². The van der Waals surface area contributed by atoms with Gasteiger partial charge in [0.05, 0.1) is 0 Å². The van der Waals surface area contributed by atoms with E-state index in [1.807, 2.05) is 6.92 Å². The van der Waals surface area contributed by atoms with Crippen LogP contribution in [0.3, 0.4) is 0 Å². The second-order valence-corrected chi connectivity index (χ2v) is 3.26. The predicted octanol–water partition coefficient (Wildman–Crippen LogP) is 1.81. The van der Waals surface area contributed by atoms with Crippen molar-refractivity contribution in [1.82, 2.24) is 0 Å². The monoisotopic (exact) mass is 183 g/mol. The Morgan fingerprint density at radius 1 is 1.54 bits per heavy atom. The van der Waals surface area contributed by atoms with E-state index in [0.717, 1.165) is 6.42 Å². The average molecular weight is 183 g/mol. The maximum Gasteiger partial charge on any atom is 0.165 e. The molecule has 0 aliphatic rings. The van der Waals surface area contributed by atoms with E-state index in [2.05, 4.69) is 0 Å². The molecule has 1 rings (SSSR count). The summed E-state index contributed by atoms with van der Waals surface area (Å²) in [6.07, 6.45) is 1.36. The van der Waals surface area contributed by atoms with Crippen molar-refractivity contribution in [1.29, 1.82) is 0 Å². The zero-order valence-corrected chi connectivity index (χ0v) is 7.63. The summed E-state index contributed by atoms with van der Waals surface area (Å²) in [6.45, 7) is 1.89. The van der Waals surface area contributed by atoms with Crippen LogP contribution in [0, 0.1) is 5.82 Å². The molecule has 0 radical (unpaired) electrons. The fourth-order valence-electron chi connectivity index (χ4n) is 1.14. The molecule has 3 N–H and O–H groups in total. The number of benzene rings is 1. The van der Waals surface area contributed by atoms with Gasteiger partial charge in [-0.05, 0) is 31.4 Å². The quantitative estimate of drug-likeness (QED) is 0.750. The van der Waals surface area contributed by atoms with E-state index < -0.39 is 5.82 Å². The Morgan fingerprint density at radius 2 is 2.23 bits per heavy atom. The first-order valence-corrected chi connectivity index (χ1v) is 4.33. The highest BCUT2D eigenvalue weighted by Gasteiger charge is 2.06. The highest BCUT2D eigenvalue weighted by molar-refractivity contribution is 5.33. The van der Waals surface area contributed by atoms with E-state index in [9.17, 15) is 9.50 Å². The number of aromatic hydroxyl groups is 1. The number of para-hydroxylation sites is 1. The van der Waals surface area contributed by atoms with E-state index in [1.165, 1.54) is 6.07 Å². The van der Waals surface area contributed by atoms with Crippen LogP contribution in [-0.2, 0) is 6.42 Å². The largest absolute Gasteiger partial charge is 0.505 e. The van der Waals surface area contributed by atoms with Crippen molar-refractivity contribution in [3.8, 4) is 5.75 Å². The molecule has 0 saturated carbocycles. The van der Waals surface area contributed by atoms with Gasteiger partial charge in [-0.1, -0.05) is 12.1 Å². The molecule has 0 spiro atoms. The lowest BCUT2D eigenvalue weighted by atomic mass is 10.1. The molecule has 0 saturated heterocycles. The van der Waals surface area contributed by atoms with Gasteiger partial charge in [0.15, 0.2) is 11.6 Å². The lowest BCUT2D eigenvalue weighted by Gasteiger charge is -2.06. The molecular formula is C10H14FNO. The Hall–Kier alpha value is -1.09. The summed E-state index contributed by atoms with van der Waals surface area (Å²) < 4.78 is 12.8. The van der Waals surface area contributed by atoms with Crippen molar-refractivity contribution >= 4 is 0 Å². The molecule has 0 heterocycles. The number of phenolic OH excluding ortho intramolecular Hbond substituents is 1. The molecule has 0 fully saturated rings. The van der Waals surface area contributed by atoms with Crippen LogP contribution in [0.15, 0.2) is 18.2 Å². The molecule has 13 heavy (non-hydrogen) atoms. The molecular weight excluding hydrogens is 169 g/mol. The molecule has 2 nitrogen and oxygen atoms in total. The van der Waals surface area contributed by atoms with Gasteiger partial charge in [-0.3, -0.25) is 0 Å². The van der Waals surface area contributed by atoms with Crippen molar-refractivity contribution in [3.63, 3.8) is 0 Å². The summed E-state index contributed by atoms with van der Waals surface area (Å²) in [4.78, 5) is 0. The van der Waals surface area contributed by atoms with Crippen molar-refractivity contribution in [2.45, 2.75) is 25.8 Å². The highest BCUT2D eigenvalue weighted by atomic mass is 19.1. The van der Waals surface area contributed by atoms with Gasteiger partial charge in [-0.25, -0.2) is 4.39 Å². The van der Waals surface area contributed by atoms with Crippen molar-refractivity contribution in [3.05, 3.63) is 29.6 Å². The maximum atomic E-state index is 12.8. The zero-order chi connectivity index (χ0) is 9.84. The predicted molar refractivity (Wildman–Crippen MR) is 50.0 cm³/mol. The third kappa shape index (κ3) is 2.70. The van der Waals surface area contributed by atoms with Gasteiger partial charge in [0.1, 0.15) is 0 Å². The molecule has 3 heteroatoms. The average Bonchev–Trinajstić information content (AvgIpc) is 2.07. The Labute approximate surface area is 77.2 Å². The van der Waals surface area contributed by atoms with Crippen molar-refractivity contribution in [2.75, 3.05) is 0 Å². The summed E-state index contributed by atoms with van der Waals surface area (Å²) in [6, 6.07) is 4.61. The molecule has 0 aromatic heterocycles. The van der Waals surface area contributed by atoms with Crippen LogP contribution in [0.4, 0.5) is 4.39 Å². The molecule has 1 aromatic rings. The van der Waals surface area contributed by atoms with E-state index in [-0.39, 0.29) is 11.8 Å². The van der Waals surface area contributed by atoms with Crippen LogP contribution >= 0.6 is 0 Å².